The summed E-state index contributed by atoms with van der Waals surface area (Å²) < 4.78 is 0. The van der Waals surface area contributed by atoms with E-state index >= 15 is 0 Å². The molecule has 1 aromatic rings. The second-order valence-electron chi connectivity index (χ2n) is 6.31. The molecule has 0 bridgehead atoms. The van der Waals surface area contributed by atoms with E-state index in [0.717, 1.165) is 37.7 Å². The molecule has 0 unspecified atom stereocenters. The lowest BCUT2D eigenvalue weighted by molar-refractivity contribution is 0.155. The Balaban J connectivity index is 1.62. The van der Waals surface area contributed by atoms with Crippen molar-refractivity contribution in [2.75, 3.05) is 44.2 Å². The highest BCUT2D eigenvalue weighted by molar-refractivity contribution is 7.99. The summed E-state index contributed by atoms with van der Waals surface area (Å²) in [6.45, 7) is 4.71. The maximum absolute atomic E-state index is 12.4. The Morgan fingerprint density at radius 1 is 1.04 bits per heavy atom. The van der Waals surface area contributed by atoms with Crippen molar-refractivity contribution < 1.29 is 4.79 Å². The summed E-state index contributed by atoms with van der Waals surface area (Å²) in [6.07, 6.45) is 3.86. The molecular formula is C18H27N3OS. The average Bonchev–Trinajstić information content (AvgIpc) is 2.64. The van der Waals surface area contributed by atoms with Gasteiger partial charge in [-0.25, -0.2) is 4.79 Å². The van der Waals surface area contributed by atoms with Crippen molar-refractivity contribution in [2.45, 2.75) is 25.3 Å². The molecule has 1 N–H and O–H groups in total. The highest BCUT2D eigenvalue weighted by Crippen LogP contribution is 2.24. The molecule has 2 amide bonds. The number of benzene rings is 1. The van der Waals surface area contributed by atoms with Crippen LogP contribution < -0.4 is 5.32 Å². The van der Waals surface area contributed by atoms with Gasteiger partial charge in [-0.2, -0.15) is 11.8 Å². The molecule has 126 valence electrons. The van der Waals surface area contributed by atoms with Crippen LogP contribution in [0.3, 0.4) is 0 Å². The van der Waals surface area contributed by atoms with Crippen molar-refractivity contribution in [2.24, 2.45) is 0 Å². The molecule has 5 heteroatoms. The van der Waals surface area contributed by atoms with Crippen LogP contribution in [0.15, 0.2) is 30.3 Å². The van der Waals surface area contributed by atoms with Crippen LogP contribution in [0.25, 0.3) is 0 Å². The first-order valence-corrected chi connectivity index (χ1v) is 9.89. The van der Waals surface area contributed by atoms with E-state index in [9.17, 15) is 4.79 Å². The number of nitrogens with zero attached hydrogens (tertiary/aromatic N) is 2. The van der Waals surface area contributed by atoms with Gasteiger partial charge in [0.15, 0.2) is 0 Å². The predicted octanol–water partition coefficient (Wildman–Crippen LogP) is 2.97. The standard InChI is InChI=1S/C18H27N3OS/c22-18(21-11-13-23-14-12-21)19-15-17(16-7-3-1-4-8-16)20-9-5-2-6-10-20/h1,3-4,7-8,17H,2,5-6,9-15H2,(H,19,22)/t17-/m0/s1. The fraction of sp³-hybridized carbons (Fsp3) is 0.611. The van der Waals surface area contributed by atoms with Gasteiger partial charge < -0.3 is 10.2 Å². The van der Waals surface area contributed by atoms with E-state index in [2.05, 4.69) is 40.5 Å². The van der Waals surface area contributed by atoms with Gasteiger partial charge in [0.1, 0.15) is 0 Å². The summed E-state index contributed by atoms with van der Waals surface area (Å²) in [5.41, 5.74) is 1.31. The van der Waals surface area contributed by atoms with Crippen LogP contribution in [0.1, 0.15) is 30.9 Å². The molecule has 0 aliphatic carbocycles. The highest BCUT2D eigenvalue weighted by atomic mass is 32.2. The van der Waals surface area contributed by atoms with Gasteiger partial charge in [-0.05, 0) is 31.5 Å². The lowest BCUT2D eigenvalue weighted by Crippen LogP contribution is -2.47. The topological polar surface area (TPSA) is 35.6 Å². The lowest BCUT2D eigenvalue weighted by atomic mass is 10.0. The van der Waals surface area contributed by atoms with Crippen LogP contribution in [0, 0.1) is 0 Å². The van der Waals surface area contributed by atoms with Gasteiger partial charge in [0.05, 0.1) is 6.04 Å². The smallest absolute Gasteiger partial charge is 0.317 e. The first-order chi connectivity index (χ1) is 11.3. The van der Waals surface area contributed by atoms with Crippen LogP contribution in [0.2, 0.25) is 0 Å². The predicted molar refractivity (Wildman–Crippen MR) is 96.9 cm³/mol. The monoisotopic (exact) mass is 333 g/mol. The fourth-order valence-corrected chi connectivity index (χ4v) is 4.33. The molecule has 1 atom stereocenters. The molecule has 2 aliphatic heterocycles. The summed E-state index contributed by atoms with van der Waals surface area (Å²) in [5.74, 6) is 2.11. The molecule has 0 saturated carbocycles. The first kappa shape index (κ1) is 16.7. The number of nitrogens with one attached hydrogen (secondary N) is 1. The lowest BCUT2D eigenvalue weighted by Gasteiger charge is -2.35. The molecule has 23 heavy (non-hydrogen) atoms. The number of amides is 2. The van der Waals surface area contributed by atoms with Crippen LogP contribution in [0.4, 0.5) is 4.79 Å². The number of piperidine rings is 1. The molecular weight excluding hydrogens is 306 g/mol. The van der Waals surface area contributed by atoms with E-state index in [1.54, 1.807) is 0 Å². The Morgan fingerprint density at radius 3 is 2.43 bits per heavy atom. The molecule has 2 aliphatic rings. The van der Waals surface area contributed by atoms with Gasteiger partial charge in [0, 0.05) is 31.1 Å². The van der Waals surface area contributed by atoms with Crippen molar-refractivity contribution in [1.29, 1.82) is 0 Å². The fourth-order valence-electron chi connectivity index (χ4n) is 3.43. The summed E-state index contributed by atoms with van der Waals surface area (Å²) in [7, 11) is 0. The van der Waals surface area contributed by atoms with E-state index in [1.165, 1.54) is 24.8 Å². The molecule has 3 rings (SSSR count). The van der Waals surface area contributed by atoms with Gasteiger partial charge in [-0.15, -0.1) is 0 Å². The number of likely N-dealkylation sites (tertiary alicyclic amines) is 1. The molecule has 4 nitrogen and oxygen atoms in total. The number of hydrogen-bond donors (Lipinski definition) is 1. The van der Waals surface area contributed by atoms with Crippen molar-refractivity contribution in [3.63, 3.8) is 0 Å². The Labute approximate surface area is 143 Å². The van der Waals surface area contributed by atoms with E-state index in [0.29, 0.717) is 12.6 Å². The molecule has 0 radical (unpaired) electrons. The minimum atomic E-state index is 0.100. The minimum Gasteiger partial charge on any atom is -0.336 e. The summed E-state index contributed by atoms with van der Waals surface area (Å²) in [5, 5.41) is 3.18. The summed E-state index contributed by atoms with van der Waals surface area (Å²) >= 11 is 1.93. The third-order valence-corrected chi connectivity index (χ3v) is 5.70. The molecule has 2 fully saturated rings. The van der Waals surface area contributed by atoms with Gasteiger partial charge in [0.25, 0.3) is 0 Å². The quantitative estimate of drug-likeness (QED) is 0.920. The number of hydrogen-bond acceptors (Lipinski definition) is 3. The zero-order valence-electron chi connectivity index (χ0n) is 13.7. The summed E-state index contributed by atoms with van der Waals surface area (Å²) in [4.78, 5) is 16.9. The number of carbonyl (C=O) groups excluding carboxylic acids is 1. The Kier molecular flexibility index (Phi) is 6.22. The molecule has 1 aromatic carbocycles. The third kappa shape index (κ3) is 4.64. The molecule has 2 heterocycles. The number of thioether (sulfide) groups is 1. The zero-order chi connectivity index (χ0) is 15.9. The second-order valence-corrected chi connectivity index (χ2v) is 7.53. The van der Waals surface area contributed by atoms with Crippen LogP contribution >= 0.6 is 11.8 Å². The Bertz CT molecular complexity index is 484. The molecule has 2 saturated heterocycles. The Morgan fingerprint density at radius 2 is 1.74 bits per heavy atom. The van der Waals surface area contributed by atoms with Crippen molar-refractivity contribution in [3.05, 3.63) is 35.9 Å². The van der Waals surface area contributed by atoms with Crippen molar-refractivity contribution in [3.8, 4) is 0 Å². The number of urea groups is 1. The summed E-state index contributed by atoms with van der Waals surface area (Å²) in [6, 6.07) is 11.0. The van der Waals surface area contributed by atoms with Gasteiger partial charge in [0.2, 0.25) is 0 Å². The first-order valence-electron chi connectivity index (χ1n) is 8.74. The number of carbonyl (C=O) groups is 1. The van der Waals surface area contributed by atoms with Crippen molar-refractivity contribution in [1.82, 2.24) is 15.1 Å². The third-order valence-electron chi connectivity index (χ3n) is 4.76. The Hall–Kier alpha value is -1.20. The van der Waals surface area contributed by atoms with Crippen LogP contribution in [-0.2, 0) is 0 Å². The molecule has 0 spiro atoms. The maximum Gasteiger partial charge on any atom is 0.317 e. The van der Waals surface area contributed by atoms with E-state index < -0.39 is 0 Å². The second kappa shape index (κ2) is 8.60. The number of rotatable bonds is 4. The van der Waals surface area contributed by atoms with E-state index in [-0.39, 0.29) is 6.03 Å². The minimum absolute atomic E-state index is 0.100. The SMILES string of the molecule is O=C(NC[C@@H](c1ccccc1)N1CCCCC1)N1CCSCC1. The normalized spacial score (nSPS) is 21.0. The van der Waals surface area contributed by atoms with Gasteiger partial charge >= 0.3 is 6.03 Å². The van der Waals surface area contributed by atoms with Crippen molar-refractivity contribution >= 4 is 17.8 Å². The van der Waals surface area contributed by atoms with Crippen LogP contribution in [0.5, 0.6) is 0 Å². The van der Waals surface area contributed by atoms with Crippen LogP contribution in [-0.4, -0.2) is 60.1 Å². The van der Waals surface area contributed by atoms with E-state index in [4.69, 9.17) is 0 Å². The average molecular weight is 334 g/mol. The maximum atomic E-state index is 12.4. The largest absolute Gasteiger partial charge is 0.336 e. The van der Waals surface area contributed by atoms with Gasteiger partial charge in [-0.1, -0.05) is 36.8 Å². The zero-order valence-corrected chi connectivity index (χ0v) is 14.6. The van der Waals surface area contributed by atoms with Gasteiger partial charge in [-0.3, -0.25) is 4.90 Å². The molecule has 0 aromatic heterocycles. The van der Waals surface area contributed by atoms with E-state index in [1.807, 2.05) is 16.7 Å². The highest BCUT2D eigenvalue weighted by Gasteiger charge is 2.24.